The van der Waals surface area contributed by atoms with E-state index in [1.165, 1.54) is 116 Å². The van der Waals surface area contributed by atoms with E-state index in [1.807, 2.05) is 0 Å². The first-order valence-electron chi connectivity index (χ1n) is 12.9. The molecule has 0 saturated carbocycles. The van der Waals surface area contributed by atoms with Gasteiger partial charge in [0.1, 0.15) is 0 Å². The van der Waals surface area contributed by atoms with Crippen molar-refractivity contribution in [1.82, 2.24) is 0 Å². The van der Waals surface area contributed by atoms with Gasteiger partial charge in [-0.25, -0.2) is 0 Å². The zero-order valence-corrected chi connectivity index (χ0v) is 19.5. The third-order valence-corrected chi connectivity index (χ3v) is 6.15. The number of aliphatic carboxylic acids is 1. The molecular weight excluding hydrogens is 344 g/mol. The molecule has 0 aliphatic rings. The summed E-state index contributed by atoms with van der Waals surface area (Å²) in [6.45, 7) is 4.47. The van der Waals surface area contributed by atoms with Crippen molar-refractivity contribution < 1.29 is 9.90 Å². The van der Waals surface area contributed by atoms with Crippen LogP contribution in [0.3, 0.4) is 0 Å². The first-order chi connectivity index (χ1) is 13.7. The number of carbonyl (C=O) groups is 1. The Morgan fingerprint density at radius 2 is 0.750 bits per heavy atom. The normalized spacial score (nSPS) is 12.4. The van der Waals surface area contributed by atoms with Crippen molar-refractivity contribution in [1.29, 1.82) is 0 Å². The highest BCUT2D eigenvalue weighted by molar-refractivity contribution is 5.67. The highest BCUT2D eigenvalue weighted by Crippen LogP contribution is 2.19. The Bertz CT molecular complexity index is 314. The molecule has 0 aromatic carbocycles. The molecule has 0 saturated heterocycles. The summed E-state index contributed by atoms with van der Waals surface area (Å²) in [6, 6.07) is 0. The van der Waals surface area contributed by atoms with E-state index in [0.717, 1.165) is 25.7 Å². The Morgan fingerprint density at radius 1 is 0.500 bits per heavy atom. The van der Waals surface area contributed by atoms with Crippen molar-refractivity contribution in [3.8, 4) is 0 Å². The van der Waals surface area contributed by atoms with Crippen LogP contribution in [-0.2, 0) is 4.79 Å². The van der Waals surface area contributed by atoms with Crippen molar-refractivity contribution in [2.45, 2.75) is 155 Å². The van der Waals surface area contributed by atoms with Crippen LogP contribution in [0.1, 0.15) is 155 Å². The summed E-state index contributed by atoms with van der Waals surface area (Å²) >= 11 is 0. The second kappa shape index (κ2) is 22.8. The van der Waals surface area contributed by atoms with Crippen molar-refractivity contribution in [2.75, 3.05) is 0 Å². The molecule has 0 aromatic heterocycles. The minimum atomic E-state index is -0.822. The maximum Gasteiger partial charge on any atom is 0.0445 e. The van der Waals surface area contributed by atoms with Gasteiger partial charge in [-0.3, -0.25) is 0 Å². The molecule has 28 heavy (non-hydrogen) atoms. The van der Waals surface area contributed by atoms with Gasteiger partial charge >= 0.3 is 0 Å². The lowest BCUT2D eigenvalue weighted by Gasteiger charge is -2.17. The van der Waals surface area contributed by atoms with Gasteiger partial charge in [0, 0.05) is 5.97 Å². The molecule has 2 heteroatoms. The molecule has 0 heterocycles. The number of rotatable bonds is 23. The highest BCUT2D eigenvalue weighted by Gasteiger charge is 2.09. The predicted molar refractivity (Wildman–Crippen MR) is 121 cm³/mol. The summed E-state index contributed by atoms with van der Waals surface area (Å²) < 4.78 is 0. The fourth-order valence-electron chi connectivity index (χ4n) is 4.14. The molecule has 0 aliphatic heterocycles. The van der Waals surface area contributed by atoms with Crippen molar-refractivity contribution in [3.05, 3.63) is 0 Å². The zero-order chi connectivity index (χ0) is 20.7. The number of hydrogen-bond acceptors (Lipinski definition) is 2. The van der Waals surface area contributed by atoms with Gasteiger partial charge in [-0.05, 0) is 18.8 Å². The molecule has 1 atom stereocenters. The molecule has 0 fully saturated rings. The molecule has 0 N–H and O–H groups in total. The number of carbonyl (C=O) groups excluding carboxylic acids is 1. The summed E-state index contributed by atoms with van der Waals surface area (Å²) in [7, 11) is 0. The summed E-state index contributed by atoms with van der Waals surface area (Å²) in [5.74, 6) is -1.03. The van der Waals surface area contributed by atoms with Crippen LogP contribution in [0.2, 0.25) is 0 Å². The Kier molecular flexibility index (Phi) is 22.3. The Labute approximate surface area is 177 Å². The standard InChI is InChI=1S/C26H52O2/c1-3-5-7-9-10-11-12-13-14-15-16-17-18-19-20-22-24-25(26(27)28)23-21-8-6-4-2/h25H,3-24H2,1-2H3,(H,27,28)/p-1. The van der Waals surface area contributed by atoms with Crippen LogP contribution in [0, 0.1) is 5.92 Å². The third-order valence-electron chi connectivity index (χ3n) is 6.15. The van der Waals surface area contributed by atoms with Crippen LogP contribution in [0.5, 0.6) is 0 Å². The van der Waals surface area contributed by atoms with Crippen LogP contribution in [0.4, 0.5) is 0 Å². The second-order valence-electron chi connectivity index (χ2n) is 8.96. The maximum atomic E-state index is 11.2. The van der Waals surface area contributed by atoms with E-state index in [4.69, 9.17) is 0 Å². The topological polar surface area (TPSA) is 40.1 Å². The van der Waals surface area contributed by atoms with Gasteiger partial charge in [0.25, 0.3) is 0 Å². The molecule has 0 bridgehead atoms. The quantitative estimate of drug-likeness (QED) is 0.164. The molecular formula is C26H51O2-. The number of carboxylic acid groups (broad SMARTS) is 1. The lowest BCUT2D eigenvalue weighted by atomic mass is 9.94. The summed E-state index contributed by atoms with van der Waals surface area (Å²) in [6.07, 6.45) is 28.1. The molecule has 0 amide bonds. The number of hydrogen-bond donors (Lipinski definition) is 0. The molecule has 0 spiro atoms. The van der Waals surface area contributed by atoms with Gasteiger partial charge in [-0.15, -0.1) is 0 Å². The zero-order valence-electron chi connectivity index (χ0n) is 19.5. The maximum absolute atomic E-state index is 11.2. The molecule has 0 aliphatic carbocycles. The Hall–Kier alpha value is -0.530. The van der Waals surface area contributed by atoms with Gasteiger partial charge < -0.3 is 9.90 Å². The van der Waals surface area contributed by atoms with E-state index in [1.54, 1.807) is 0 Å². The average Bonchev–Trinajstić information content (AvgIpc) is 2.69. The van der Waals surface area contributed by atoms with Crippen molar-refractivity contribution >= 4 is 5.97 Å². The average molecular weight is 396 g/mol. The van der Waals surface area contributed by atoms with Gasteiger partial charge in [-0.2, -0.15) is 0 Å². The van der Waals surface area contributed by atoms with Crippen LogP contribution in [0.15, 0.2) is 0 Å². The number of carboxylic acids is 1. The van der Waals surface area contributed by atoms with Gasteiger partial charge in [0.05, 0.1) is 0 Å². The van der Waals surface area contributed by atoms with E-state index in [0.29, 0.717) is 0 Å². The van der Waals surface area contributed by atoms with E-state index in [2.05, 4.69) is 13.8 Å². The Balaban J connectivity index is 3.30. The monoisotopic (exact) mass is 395 g/mol. The lowest BCUT2D eigenvalue weighted by Crippen LogP contribution is -2.31. The summed E-state index contributed by atoms with van der Waals surface area (Å²) in [4.78, 5) is 11.2. The summed E-state index contributed by atoms with van der Waals surface area (Å²) in [5.41, 5.74) is 0. The highest BCUT2D eigenvalue weighted by atomic mass is 16.4. The number of unbranched alkanes of at least 4 members (excludes halogenated alkanes) is 18. The lowest BCUT2D eigenvalue weighted by molar-refractivity contribution is -0.312. The van der Waals surface area contributed by atoms with E-state index < -0.39 is 5.97 Å². The van der Waals surface area contributed by atoms with Crippen LogP contribution >= 0.6 is 0 Å². The van der Waals surface area contributed by atoms with E-state index >= 15 is 0 Å². The van der Waals surface area contributed by atoms with Gasteiger partial charge in [0.2, 0.25) is 0 Å². The Morgan fingerprint density at radius 3 is 1.04 bits per heavy atom. The van der Waals surface area contributed by atoms with E-state index in [-0.39, 0.29) is 5.92 Å². The predicted octanol–water partition coefficient (Wildman–Crippen LogP) is 7.97. The fourth-order valence-corrected chi connectivity index (χ4v) is 4.14. The van der Waals surface area contributed by atoms with Crippen molar-refractivity contribution in [3.63, 3.8) is 0 Å². The first-order valence-corrected chi connectivity index (χ1v) is 12.9. The minimum Gasteiger partial charge on any atom is -0.550 e. The third kappa shape index (κ3) is 20.2. The first kappa shape index (κ1) is 27.5. The molecule has 0 aromatic rings. The molecule has 0 rings (SSSR count). The van der Waals surface area contributed by atoms with Crippen LogP contribution < -0.4 is 5.11 Å². The second-order valence-corrected chi connectivity index (χ2v) is 8.96. The molecule has 1 unspecified atom stereocenters. The molecule has 2 nitrogen and oxygen atoms in total. The fraction of sp³-hybridized carbons (Fsp3) is 0.962. The van der Waals surface area contributed by atoms with Gasteiger partial charge in [-0.1, -0.05) is 142 Å². The largest absolute Gasteiger partial charge is 0.550 e. The SMILES string of the molecule is CCCCCCCCCCCCCCCCCCC(CCCCCC)C(=O)[O-]. The van der Waals surface area contributed by atoms with Crippen LogP contribution in [0.25, 0.3) is 0 Å². The molecule has 168 valence electrons. The summed E-state index contributed by atoms with van der Waals surface area (Å²) in [5, 5.41) is 11.2. The van der Waals surface area contributed by atoms with Gasteiger partial charge in [0.15, 0.2) is 0 Å². The minimum absolute atomic E-state index is 0.205. The van der Waals surface area contributed by atoms with Crippen LogP contribution in [-0.4, -0.2) is 5.97 Å². The smallest absolute Gasteiger partial charge is 0.0445 e. The molecule has 0 radical (unpaired) electrons. The van der Waals surface area contributed by atoms with Crippen molar-refractivity contribution in [2.24, 2.45) is 5.92 Å². The van der Waals surface area contributed by atoms with E-state index in [9.17, 15) is 9.90 Å².